The van der Waals surface area contributed by atoms with Crippen molar-refractivity contribution in [2.24, 2.45) is 0 Å². The maximum atomic E-state index is 12.5. The third kappa shape index (κ3) is 6.41. The first-order valence-corrected chi connectivity index (χ1v) is 9.42. The lowest BCUT2D eigenvalue weighted by Gasteiger charge is -2.42. The minimum Gasteiger partial charge on any atom is -0.463 e. The molecule has 0 saturated carbocycles. The van der Waals surface area contributed by atoms with Crippen LogP contribution in [0.15, 0.2) is 30.3 Å². The van der Waals surface area contributed by atoms with Crippen molar-refractivity contribution < 1.29 is 48.0 Å². The van der Waals surface area contributed by atoms with Gasteiger partial charge in [-0.05, 0) is 12.1 Å². The van der Waals surface area contributed by atoms with Gasteiger partial charge in [0.05, 0.1) is 5.56 Å². The Labute approximate surface area is 176 Å². The second-order valence-electron chi connectivity index (χ2n) is 6.27. The number of halogens is 1. The molecule has 1 N–H and O–H groups in total. The van der Waals surface area contributed by atoms with Gasteiger partial charge in [0.2, 0.25) is 0 Å². The summed E-state index contributed by atoms with van der Waals surface area (Å²) in [6.07, 6.45) is -7.36. The number of benzene rings is 1. The van der Waals surface area contributed by atoms with Gasteiger partial charge in [-0.2, -0.15) is 0 Å². The molecular weight excluding hydrogens is 424 g/mol. The second kappa shape index (κ2) is 10.9. The van der Waals surface area contributed by atoms with Crippen molar-refractivity contribution >= 4 is 35.5 Å². The van der Waals surface area contributed by atoms with Crippen LogP contribution in [0.2, 0.25) is 0 Å². The smallest absolute Gasteiger partial charge is 0.338 e. The van der Waals surface area contributed by atoms with Crippen LogP contribution >= 0.6 is 11.6 Å². The molecule has 1 aromatic carbocycles. The molecule has 11 heteroatoms. The zero-order valence-electron chi connectivity index (χ0n) is 16.2. The number of hydrogen-bond acceptors (Lipinski definition) is 10. The van der Waals surface area contributed by atoms with Crippen molar-refractivity contribution in [1.82, 2.24) is 0 Å². The number of hydrogen-bond donors (Lipinski definition) is 1. The van der Waals surface area contributed by atoms with Crippen molar-refractivity contribution in [3.05, 3.63) is 35.9 Å². The van der Waals surface area contributed by atoms with E-state index in [1.54, 1.807) is 18.2 Å². The zero-order chi connectivity index (χ0) is 22.3. The molecule has 1 aromatic rings. The molecule has 30 heavy (non-hydrogen) atoms. The van der Waals surface area contributed by atoms with Gasteiger partial charge < -0.3 is 28.8 Å². The average molecular weight is 445 g/mol. The molecule has 1 fully saturated rings. The van der Waals surface area contributed by atoms with E-state index in [1.807, 2.05) is 0 Å². The highest BCUT2D eigenvalue weighted by Crippen LogP contribution is 2.28. The number of aliphatic hydroxyl groups excluding tert-OH is 1. The van der Waals surface area contributed by atoms with Crippen molar-refractivity contribution in [3.63, 3.8) is 0 Å². The van der Waals surface area contributed by atoms with Crippen molar-refractivity contribution in [3.8, 4) is 0 Å². The fourth-order valence-corrected chi connectivity index (χ4v) is 2.83. The molecule has 0 aliphatic carbocycles. The normalized spacial score (nSPS) is 25.7. The number of esters is 4. The van der Waals surface area contributed by atoms with Gasteiger partial charge >= 0.3 is 23.9 Å². The summed E-state index contributed by atoms with van der Waals surface area (Å²) in [5.74, 6) is -3.72. The average Bonchev–Trinajstić information content (AvgIpc) is 2.71. The SMILES string of the molecule is CC(=O)OC[C@H]1O[C@H](O)[C@H](OC(=O)c2ccccc2)[C@@H](OC(=O)CCl)[C@@H]1OC(C)=O. The van der Waals surface area contributed by atoms with Gasteiger partial charge in [-0.25, -0.2) is 4.79 Å². The Morgan fingerprint density at radius 3 is 2.20 bits per heavy atom. The first kappa shape index (κ1) is 23.6. The quantitative estimate of drug-likeness (QED) is 0.361. The molecule has 10 nitrogen and oxygen atoms in total. The van der Waals surface area contributed by atoms with Crippen LogP contribution < -0.4 is 0 Å². The molecule has 0 spiro atoms. The molecule has 164 valence electrons. The third-order valence-corrected chi connectivity index (χ3v) is 4.21. The zero-order valence-corrected chi connectivity index (χ0v) is 16.9. The number of alkyl halides is 1. The standard InChI is InChI=1S/C19H21ClO10/c1-10(21)26-9-13-15(27-11(2)22)16(29-14(23)8-20)17(19(25)28-13)30-18(24)12-6-4-3-5-7-12/h3-7,13,15-17,19,25H,8-9H2,1-2H3/t13-,15-,16+,17-,19+/m1/s1. The summed E-state index contributed by atoms with van der Waals surface area (Å²) in [5.41, 5.74) is 0.165. The molecule has 5 atom stereocenters. The van der Waals surface area contributed by atoms with Gasteiger partial charge in [0.15, 0.2) is 24.6 Å². The molecule has 0 aromatic heterocycles. The van der Waals surface area contributed by atoms with Gasteiger partial charge in [0.25, 0.3) is 0 Å². The van der Waals surface area contributed by atoms with Crippen molar-refractivity contribution in [2.45, 2.75) is 44.6 Å². The summed E-state index contributed by atoms with van der Waals surface area (Å²) in [6.45, 7) is 1.83. The van der Waals surface area contributed by atoms with Crippen molar-refractivity contribution in [2.75, 3.05) is 12.5 Å². The fourth-order valence-electron chi connectivity index (χ4n) is 2.77. The highest BCUT2D eigenvalue weighted by molar-refractivity contribution is 6.26. The molecule has 1 aliphatic heterocycles. The largest absolute Gasteiger partial charge is 0.463 e. The Kier molecular flexibility index (Phi) is 8.58. The minimum absolute atomic E-state index is 0.165. The van der Waals surface area contributed by atoms with Crippen LogP contribution in [0.25, 0.3) is 0 Å². The van der Waals surface area contributed by atoms with E-state index in [1.165, 1.54) is 12.1 Å². The van der Waals surface area contributed by atoms with Gasteiger partial charge in [0, 0.05) is 13.8 Å². The Morgan fingerprint density at radius 2 is 1.63 bits per heavy atom. The Balaban J connectivity index is 2.32. The maximum Gasteiger partial charge on any atom is 0.338 e. The lowest BCUT2D eigenvalue weighted by Crippen LogP contribution is -2.62. The van der Waals surface area contributed by atoms with E-state index in [0.717, 1.165) is 13.8 Å². The summed E-state index contributed by atoms with van der Waals surface area (Å²) in [7, 11) is 0. The lowest BCUT2D eigenvalue weighted by atomic mass is 9.98. The summed E-state index contributed by atoms with van der Waals surface area (Å²) in [6, 6.07) is 7.85. The van der Waals surface area contributed by atoms with Gasteiger partial charge in [0.1, 0.15) is 18.6 Å². The van der Waals surface area contributed by atoms with E-state index < -0.39 is 67.1 Å². The van der Waals surface area contributed by atoms with Crippen LogP contribution in [0, 0.1) is 0 Å². The number of aliphatic hydroxyl groups is 1. The number of rotatable bonds is 7. The van der Waals surface area contributed by atoms with E-state index in [-0.39, 0.29) is 5.56 Å². The van der Waals surface area contributed by atoms with Crippen LogP contribution in [0.5, 0.6) is 0 Å². The summed E-state index contributed by atoms with van der Waals surface area (Å²) < 4.78 is 25.9. The monoisotopic (exact) mass is 444 g/mol. The van der Waals surface area contributed by atoms with Gasteiger partial charge in [-0.1, -0.05) is 18.2 Å². The van der Waals surface area contributed by atoms with Crippen LogP contribution in [-0.4, -0.2) is 72.2 Å². The first-order valence-electron chi connectivity index (χ1n) is 8.88. The maximum absolute atomic E-state index is 12.5. The van der Waals surface area contributed by atoms with E-state index in [4.69, 9.17) is 35.3 Å². The Morgan fingerprint density at radius 1 is 0.967 bits per heavy atom. The molecule has 0 unspecified atom stereocenters. The molecule has 1 aliphatic rings. The summed E-state index contributed by atoms with van der Waals surface area (Å²) in [5, 5.41) is 10.4. The lowest BCUT2D eigenvalue weighted by molar-refractivity contribution is -0.292. The van der Waals surface area contributed by atoms with Gasteiger partial charge in [-0.3, -0.25) is 14.4 Å². The Bertz CT molecular complexity index is 768. The molecule has 2 rings (SSSR count). The predicted octanol–water partition coefficient (Wildman–Crippen LogP) is 0.575. The topological polar surface area (TPSA) is 135 Å². The molecule has 1 heterocycles. The predicted molar refractivity (Wildman–Crippen MR) is 99.3 cm³/mol. The van der Waals surface area contributed by atoms with E-state index in [0.29, 0.717) is 0 Å². The number of carbonyl (C=O) groups excluding carboxylic acids is 4. The molecule has 1 saturated heterocycles. The van der Waals surface area contributed by atoms with E-state index >= 15 is 0 Å². The Hall–Kier alpha value is -2.69. The fraction of sp³-hybridized carbons (Fsp3) is 0.474. The molecule has 0 radical (unpaired) electrons. The highest BCUT2D eigenvalue weighted by atomic mass is 35.5. The van der Waals surface area contributed by atoms with Crippen LogP contribution in [-0.2, 0) is 38.1 Å². The van der Waals surface area contributed by atoms with Crippen LogP contribution in [0.3, 0.4) is 0 Å². The van der Waals surface area contributed by atoms with Crippen LogP contribution in [0.1, 0.15) is 24.2 Å². The van der Waals surface area contributed by atoms with Crippen LogP contribution in [0.4, 0.5) is 0 Å². The van der Waals surface area contributed by atoms with Crippen molar-refractivity contribution in [1.29, 1.82) is 0 Å². The molecular formula is C19H21ClO10. The minimum atomic E-state index is -1.78. The van der Waals surface area contributed by atoms with Gasteiger partial charge in [-0.15, -0.1) is 11.6 Å². The summed E-state index contributed by atoms with van der Waals surface area (Å²) >= 11 is 5.50. The number of carbonyl (C=O) groups is 4. The van der Waals surface area contributed by atoms with E-state index in [9.17, 15) is 24.3 Å². The first-order chi connectivity index (χ1) is 14.2. The van der Waals surface area contributed by atoms with E-state index in [2.05, 4.69) is 0 Å². The number of ether oxygens (including phenoxy) is 5. The second-order valence-corrected chi connectivity index (χ2v) is 6.53. The third-order valence-electron chi connectivity index (χ3n) is 3.99. The summed E-state index contributed by atoms with van der Waals surface area (Å²) in [4.78, 5) is 47.1. The molecule has 0 bridgehead atoms. The highest BCUT2D eigenvalue weighted by Gasteiger charge is 2.52. The molecule has 0 amide bonds.